The van der Waals surface area contributed by atoms with E-state index in [1.54, 1.807) is 6.07 Å². The van der Waals surface area contributed by atoms with Crippen LogP contribution < -0.4 is 5.32 Å². The van der Waals surface area contributed by atoms with Crippen LogP contribution in [0.25, 0.3) is 11.1 Å². The molecule has 2 aromatic carbocycles. The van der Waals surface area contributed by atoms with Crippen LogP contribution in [0, 0.1) is 5.82 Å². The van der Waals surface area contributed by atoms with E-state index >= 15 is 0 Å². The molecule has 0 spiro atoms. The van der Waals surface area contributed by atoms with E-state index in [1.165, 1.54) is 16.7 Å². The number of nitrogens with one attached hydrogen (secondary N) is 1. The van der Waals surface area contributed by atoms with Crippen LogP contribution in [0.5, 0.6) is 0 Å². The normalized spacial score (nSPS) is 10.9. The van der Waals surface area contributed by atoms with Gasteiger partial charge in [0, 0.05) is 12.1 Å². The summed E-state index contributed by atoms with van der Waals surface area (Å²) in [6.45, 7) is 7.80. The molecule has 0 heterocycles. The molecule has 2 aromatic rings. The lowest BCUT2D eigenvalue weighted by molar-refractivity contribution is 0.593. The Morgan fingerprint density at radius 3 is 2.05 bits per heavy atom. The number of rotatable bonds is 6. The van der Waals surface area contributed by atoms with Crippen molar-refractivity contribution < 1.29 is 4.39 Å². The lowest BCUT2D eigenvalue weighted by atomic mass is 9.95. The topological polar surface area (TPSA) is 12.0 Å². The molecule has 0 atom stereocenters. The van der Waals surface area contributed by atoms with Gasteiger partial charge in [-0.2, -0.15) is 0 Å². The molecule has 0 bridgehead atoms. The Labute approximate surface area is 127 Å². The summed E-state index contributed by atoms with van der Waals surface area (Å²) >= 11 is 0. The van der Waals surface area contributed by atoms with Gasteiger partial charge in [0.1, 0.15) is 5.82 Å². The number of benzene rings is 2. The largest absolute Gasteiger partial charge is 0.313 e. The van der Waals surface area contributed by atoms with Gasteiger partial charge in [-0.15, -0.1) is 0 Å². The molecule has 2 rings (SSSR count). The Morgan fingerprint density at radius 1 is 0.810 bits per heavy atom. The fourth-order valence-corrected chi connectivity index (χ4v) is 2.63. The monoisotopic (exact) mass is 285 g/mol. The standard InChI is InChI=1S/C19H24FN/c1-4-14-7-8-16(11-15(14)5-2)17-9-10-19(20)18(12-17)13-21-6-3/h7-12,21H,4-6,13H2,1-3H3. The quantitative estimate of drug-likeness (QED) is 0.809. The molecule has 0 saturated carbocycles. The van der Waals surface area contributed by atoms with Gasteiger partial charge in [0.2, 0.25) is 0 Å². The first-order valence-electron chi connectivity index (χ1n) is 7.80. The molecule has 112 valence electrons. The van der Waals surface area contributed by atoms with E-state index < -0.39 is 0 Å². The van der Waals surface area contributed by atoms with E-state index in [4.69, 9.17) is 0 Å². The van der Waals surface area contributed by atoms with Crippen LogP contribution in [0.1, 0.15) is 37.5 Å². The maximum absolute atomic E-state index is 13.8. The van der Waals surface area contributed by atoms with Crippen molar-refractivity contribution in [2.45, 2.75) is 40.2 Å². The number of aryl methyl sites for hydroxylation is 2. The third-order valence-electron chi connectivity index (χ3n) is 3.91. The fraction of sp³-hybridized carbons (Fsp3) is 0.368. The van der Waals surface area contributed by atoms with Crippen LogP contribution >= 0.6 is 0 Å². The van der Waals surface area contributed by atoms with E-state index in [1.807, 2.05) is 19.1 Å². The summed E-state index contributed by atoms with van der Waals surface area (Å²) in [5, 5.41) is 3.18. The maximum atomic E-state index is 13.8. The Balaban J connectivity index is 2.37. The third kappa shape index (κ3) is 3.70. The number of halogens is 1. The molecule has 0 aliphatic carbocycles. The van der Waals surface area contributed by atoms with E-state index in [2.05, 4.69) is 37.4 Å². The van der Waals surface area contributed by atoms with Crippen molar-refractivity contribution in [3.63, 3.8) is 0 Å². The summed E-state index contributed by atoms with van der Waals surface area (Å²) in [7, 11) is 0. The third-order valence-corrected chi connectivity index (χ3v) is 3.91. The van der Waals surface area contributed by atoms with E-state index in [0.29, 0.717) is 6.54 Å². The molecule has 2 heteroatoms. The van der Waals surface area contributed by atoms with E-state index in [0.717, 1.165) is 30.5 Å². The van der Waals surface area contributed by atoms with Crippen LogP contribution in [-0.2, 0) is 19.4 Å². The van der Waals surface area contributed by atoms with Gasteiger partial charge in [-0.1, -0.05) is 45.0 Å². The lowest BCUT2D eigenvalue weighted by Gasteiger charge is -2.11. The van der Waals surface area contributed by atoms with Gasteiger partial charge < -0.3 is 5.32 Å². The van der Waals surface area contributed by atoms with Gasteiger partial charge in [-0.3, -0.25) is 0 Å². The van der Waals surface area contributed by atoms with Crippen LogP contribution in [0.3, 0.4) is 0 Å². The molecule has 0 aliphatic heterocycles. The van der Waals surface area contributed by atoms with Crippen molar-refractivity contribution in [2.24, 2.45) is 0 Å². The van der Waals surface area contributed by atoms with Crippen molar-refractivity contribution in [3.05, 3.63) is 58.9 Å². The van der Waals surface area contributed by atoms with Gasteiger partial charge in [-0.25, -0.2) is 4.39 Å². The van der Waals surface area contributed by atoms with Gasteiger partial charge in [0.05, 0.1) is 0 Å². The van der Waals surface area contributed by atoms with Gasteiger partial charge in [0.25, 0.3) is 0 Å². The Bertz CT molecular complexity index is 605. The zero-order valence-electron chi connectivity index (χ0n) is 13.2. The second kappa shape index (κ2) is 7.37. The average molecular weight is 285 g/mol. The smallest absolute Gasteiger partial charge is 0.127 e. The molecule has 0 unspecified atom stereocenters. The SMILES string of the molecule is CCNCc1cc(-c2ccc(CC)c(CC)c2)ccc1F. The van der Waals surface area contributed by atoms with Crippen molar-refractivity contribution in [1.82, 2.24) is 5.32 Å². The van der Waals surface area contributed by atoms with Crippen LogP contribution in [0.4, 0.5) is 4.39 Å². The first-order valence-corrected chi connectivity index (χ1v) is 7.80. The minimum Gasteiger partial charge on any atom is -0.313 e. The molecular weight excluding hydrogens is 261 g/mol. The minimum absolute atomic E-state index is 0.138. The Hall–Kier alpha value is -1.67. The molecule has 0 saturated heterocycles. The molecule has 1 nitrogen and oxygen atoms in total. The van der Waals surface area contributed by atoms with E-state index in [-0.39, 0.29) is 5.82 Å². The highest BCUT2D eigenvalue weighted by Crippen LogP contribution is 2.25. The predicted octanol–water partition coefficient (Wildman–Crippen LogP) is 4.73. The summed E-state index contributed by atoms with van der Waals surface area (Å²) in [5.41, 5.74) is 5.76. The second-order valence-electron chi connectivity index (χ2n) is 5.28. The first kappa shape index (κ1) is 15.7. The molecule has 0 aromatic heterocycles. The van der Waals surface area contributed by atoms with Crippen LogP contribution in [0.2, 0.25) is 0 Å². The highest BCUT2D eigenvalue weighted by molar-refractivity contribution is 5.66. The highest BCUT2D eigenvalue weighted by Gasteiger charge is 2.07. The molecule has 0 aliphatic rings. The summed E-state index contributed by atoms with van der Waals surface area (Å²) in [4.78, 5) is 0. The predicted molar refractivity (Wildman–Crippen MR) is 88.0 cm³/mol. The van der Waals surface area contributed by atoms with Gasteiger partial charge in [-0.05, 0) is 53.8 Å². The summed E-state index contributed by atoms with van der Waals surface area (Å²) < 4.78 is 13.8. The summed E-state index contributed by atoms with van der Waals surface area (Å²) in [5.74, 6) is -0.138. The van der Waals surface area contributed by atoms with Crippen LogP contribution in [-0.4, -0.2) is 6.54 Å². The first-order chi connectivity index (χ1) is 10.2. The number of hydrogen-bond donors (Lipinski definition) is 1. The average Bonchev–Trinajstić information content (AvgIpc) is 2.53. The van der Waals surface area contributed by atoms with Crippen molar-refractivity contribution in [3.8, 4) is 11.1 Å². The van der Waals surface area contributed by atoms with Gasteiger partial charge >= 0.3 is 0 Å². The lowest BCUT2D eigenvalue weighted by Crippen LogP contribution is -2.12. The molecule has 0 fully saturated rings. The molecule has 21 heavy (non-hydrogen) atoms. The Kier molecular flexibility index (Phi) is 5.51. The van der Waals surface area contributed by atoms with Crippen molar-refractivity contribution in [2.75, 3.05) is 6.54 Å². The minimum atomic E-state index is -0.138. The van der Waals surface area contributed by atoms with Crippen molar-refractivity contribution >= 4 is 0 Å². The maximum Gasteiger partial charge on any atom is 0.127 e. The van der Waals surface area contributed by atoms with Crippen LogP contribution in [0.15, 0.2) is 36.4 Å². The zero-order chi connectivity index (χ0) is 15.2. The summed E-state index contributed by atoms with van der Waals surface area (Å²) in [6.07, 6.45) is 2.08. The summed E-state index contributed by atoms with van der Waals surface area (Å²) in [6, 6.07) is 12.0. The number of hydrogen-bond acceptors (Lipinski definition) is 1. The van der Waals surface area contributed by atoms with Gasteiger partial charge in [0.15, 0.2) is 0 Å². The molecule has 1 N–H and O–H groups in total. The molecule has 0 amide bonds. The highest BCUT2D eigenvalue weighted by atomic mass is 19.1. The Morgan fingerprint density at radius 2 is 1.43 bits per heavy atom. The fourth-order valence-electron chi connectivity index (χ4n) is 2.63. The van der Waals surface area contributed by atoms with Crippen molar-refractivity contribution in [1.29, 1.82) is 0 Å². The zero-order valence-corrected chi connectivity index (χ0v) is 13.2. The second-order valence-corrected chi connectivity index (χ2v) is 5.28. The molecule has 0 radical (unpaired) electrons. The van der Waals surface area contributed by atoms with E-state index in [9.17, 15) is 4.39 Å². The molecular formula is C19H24FN.